The van der Waals surface area contributed by atoms with Crippen molar-refractivity contribution in [2.24, 2.45) is 0 Å². The molecule has 0 heterocycles. The van der Waals surface area contributed by atoms with Crippen LogP contribution in [0.1, 0.15) is 18.1 Å². The second-order valence-electron chi connectivity index (χ2n) is 4.95. The molecule has 0 spiro atoms. The summed E-state index contributed by atoms with van der Waals surface area (Å²) in [7, 11) is 0. The summed E-state index contributed by atoms with van der Waals surface area (Å²) in [5.74, 6) is -0.721. The van der Waals surface area contributed by atoms with E-state index in [4.69, 9.17) is 4.74 Å². The number of carbonyl (C=O) groups is 1. The molecule has 0 saturated heterocycles. The van der Waals surface area contributed by atoms with E-state index < -0.39 is 11.9 Å². The van der Waals surface area contributed by atoms with Crippen LogP contribution in [0.15, 0.2) is 42.5 Å². The van der Waals surface area contributed by atoms with Crippen LogP contribution in [0.25, 0.3) is 0 Å². The Morgan fingerprint density at radius 3 is 2.33 bits per heavy atom. The first-order chi connectivity index (χ1) is 9.99. The lowest BCUT2D eigenvalue weighted by atomic mass is 10.1. The Labute approximate surface area is 123 Å². The molecule has 1 unspecified atom stereocenters. The summed E-state index contributed by atoms with van der Waals surface area (Å²) >= 11 is 0. The zero-order valence-corrected chi connectivity index (χ0v) is 12.3. The van der Waals surface area contributed by atoms with Crippen molar-refractivity contribution in [3.63, 3.8) is 0 Å². The van der Waals surface area contributed by atoms with E-state index in [0.717, 1.165) is 16.8 Å². The summed E-state index contributed by atoms with van der Waals surface area (Å²) in [6, 6.07) is 11.8. The lowest BCUT2D eigenvalue weighted by molar-refractivity contribution is -0.122. The average Bonchev–Trinajstić information content (AvgIpc) is 2.45. The summed E-state index contributed by atoms with van der Waals surface area (Å²) in [6.45, 7) is 5.44. The quantitative estimate of drug-likeness (QED) is 0.927. The first kappa shape index (κ1) is 15.0. The molecule has 4 heteroatoms. The van der Waals surface area contributed by atoms with Gasteiger partial charge >= 0.3 is 0 Å². The predicted molar refractivity (Wildman–Crippen MR) is 81.0 cm³/mol. The second-order valence-corrected chi connectivity index (χ2v) is 4.95. The average molecular weight is 287 g/mol. The minimum Gasteiger partial charge on any atom is -0.478 e. The molecule has 1 amide bonds. The molecular formula is C17H18FNO2. The number of amides is 1. The van der Waals surface area contributed by atoms with Gasteiger partial charge < -0.3 is 10.1 Å². The first-order valence-corrected chi connectivity index (χ1v) is 6.77. The third-order valence-corrected chi connectivity index (χ3v) is 3.24. The smallest absolute Gasteiger partial charge is 0.265 e. The number of carbonyl (C=O) groups excluding carboxylic acids is 1. The van der Waals surface area contributed by atoms with Gasteiger partial charge in [0.05, 0.1) is 0 Å². The molecule has 1 atom stereocenters. The van der Waals surface area contributed by atoms with Crippen molar-refractivity contribution in [1.82, 2.24) is 0 Å². The van der Waals surface area contributed by atoms with E-state index in [1.54, 1.807) is 19.1 Å². The molecule has 2 aromatic rings. The van der Waals surface area contributed by atoms with Gasteiger partial charge in [-0.3, -0.25) is 4.79 Å². The van der Waals surface area contributed by atoms with E-state index in [1.165, 1.54) is 12.1 Å². The van der Waals surface area contributed by atoms with E-state index in [9.17, 15) is 9.18 Å². The van der Waals surface area contributed by atoms with Gasteiger partial charge in [0.15, 0.2) is 17.7 Å². The third kappa shape index (κ3) is 3.60. The third-order valence-electron chi connectivity index (χ3n) is 3.24. The summed E-state index contributed by atoms with van der Waals surface area (Å²) < 4.78 is 18.9. The van der Waals surface area contributed by atoms with Crippen LogP contribution in [0.5, 0.6) is 5.75 Å². The van der Waals surface area contributed by atoms with Crippen molar-refractivity contribution >= 4 is 11.6 Å². The van der Waals surface area contributed by atoms with E-state index in [0.29, 0.717) is 0 Å². The highest BCUT2D eigenvalue weighted by atomic mass is 19.1. The number of halogens is 1. The van der Waals surface area contributed by atoms with Crippen molar-refractivity contribution in [1.29, 1.82) is 0 Å². The zero-order valence-electron chi connectivity index (χ0n) is 12.3. The topological polar surface area (TPSA) is 38.3 Å². The molecule has 0 fully saturated rings. The van der Waals surface area contributed by atoms with Gasteiger partial charge in [-0.2, -0.15) is 0 Å². The van der Waals surface area contributed by atoms with Crippen molar-refractivity contribution in [3.8, 4) is 5.75 Å². The molecule has 0 aliphatic carbocycles. The highest BCUT2D eigenvalue weighted by Gasteiger charge is 2.17. The SMILES string of the molecule is Cc1cccc(C)c1NC(=O)C(C)Oc1ccccc1F. The van der Waals surface area contributed by atoms with Gasteiger partial charge in [-0.25, -0.2) is 4.39 Å². The fourth-order valence-electron chi connectivity index (χ4n) is 2.02. The Hall–Kier alpha value is -2.36. The Morgan fingerprint density at radius 1 is 1.10 bits per heavy atom. The number of anilines is 1. The summed E-state index contributed by atoms with van der Waals surface area (Å²) in [5.41, 5.74) is 2.72. The molecule has 0 saturated carbocycles. The fraction of sp³-hybridized carbons (Fsp3) is 0.235. The van der Waals surface area contributed by atoms with E-state index in [2.05, 4.69) is 5.32 Å². The molecule has 21 heavy (non-hydrogen) atoms. The zero-order chi connectivity index (χ0) is 15.4. The molecule has 2 aromatic carbocycles. The molecule has 2 rings (SSSR count). The van der Waals surface area contributed by atoms with Gasteiger partial charge in [-0.1, -0.05) is 30.3 Å². The number of aryl methyl sites for hydroxylation is 2. The fourth-order valence-corrected chi connectivity index (χ4v) is 2.02. The van der Waals surface area contributed by atoms with Crippen LogP contribution in [0, 0.1) is 19.7 Å². The number of para-hydroxylation sites is 2. The van der Waals surface area contributed by atoms with Gasteiger partial charge in [-0.05, 0) is 44.0 Å². The van der Waals surface area contributed by atoms with Crippen LogP contribution in [0.3, 0.4) is 0 Å². The molecule has 0 aliphatic heterocycles. The second kappa shape index (κ2) is 6.39. The minimum atomic E-state index is -0.791. The molecule has 0 aromatic heterocycles. The van der Waals surface area contributed by atoms with Crippen LogP contribution in [0.4, 0.5) is 10.1 Å². The van der Waals surface area contributed by atoms with Crippen LogP contribution < -0.4 is 10.1 Å². The van der Waals surface area contributed by atoms with Gasteiger partial charge in [0.25, 0.3) is 5.91 Å². The largest absolute Gasteiger partial charge is 0.478 e. The summed E-state index contributed by atoms with van der Waals surface area (Å²) in [6.07, 6.45) is -0.791. The Kier molecular flexibility index (Phi) is 4.58. The van der Waals surface area contributed by atoms with E-state index in [-0.39, 0.29) is 11.7 Å². The number of nitrogens with one attached hydrogen (secondary N) is 1. The van der Waals surface area contributed by atoms with Crippen LogP contribution in [-0.4, -0.2) is 12.0 Å². The Balaban J connectivity index is 2.08. The maximum atomic E-state index is 13.5. The predicted octanol–water partition coefficient (Wildman–Crippen LogP) is 3.85. The van der Waals surface area contributed by atoms with E-state index >= 15 is 0 Å². The number of rotatable bonds is 4. The molecule has 3 nitrogen and oxygen atoms in total. The van der Waals surface area contributed by atoms with Gasteiger partial charge in [0.2, 0.25) is 0 Å². The lowest BCUT2D eigenvalue weighted by Gasteiger charge is -2.17. The number of ether oxygens (including phenoxy) is 1. The Morgan fingerprint density at radius 2 is 1.71 bits per heavy atom. The monoisotopic (exact) mass is 287 g/mol. The van der Waals surface area contributed by atoms with Crippen LogP contribution in [-0.2, 0) is 4.79 Å². The standard InChI is InChI=1S/C17H18FNO2/c1-11-7-6-8-12(2)16(11)19-17(20)13(3)21-15-10-5-4-9-14(15)18/h4-10,13H,1-3H3,(H,19,20). The molecule has 0 radical (unpaired) electrons. The molecule has 0 aliphatic rings. The number of benzene rings is 2. The maximum Gasteiger partial charge on any atom is 0.265 e. The van der Waals surface area contributed by atoms with Crippen LogP contribution in [0.2, 0.25) is 0 Å². The normalized spacial score (nSPS) is 11.8. The van der Waals surface area contributed by atoms with Gasteiger partial charge in [-0.15, -0.1) is 0 Å². The van der Waals surface area contributed by atoms with Crippen LogP contribution >= 0.6 is 0 Å². The first-order valence-electron chi connectivity index (χ1n) is 6.77. The molecule has 1 N–H and O–H groups in total. The highest BCUT2D eigenvalue weighted by Crippen LogP contribution is 2.21. The van der Waals surface area contributed by atoms with E-state index in [1.807, 2.05) is 32.0 Å². The Bertz CT molecular complexity index is 635. The molecule has 110 valence electrons. The molecular weight excluding hydrogens is 269 g/mol. The van der Waals surface area contributed by atoms with Crippen molar-refractivity contribution in [2.75, 3.05) is 5.32 Å². The lowest BCUT2D eigenvalue weighted by Crippen LogP contribution is -2.30. The molecule has 0 bridgehead atoms. The van der Waals surface area contributed by atoms with Crippen molar-refractivity contribution in [2.45, 2.75) is 26.9 Å². The van der Waals surface area contributed by atoms with Crippen molar-refractivity contribution in [3.05, 3.63) is 59.4 Å². The maximum absolute atomic E-state index is 13.5. The highest BCUT2D eigenvalue weighted by molar-refractivity contribution is 5.95. The van der Waals surface area contributed by atoms with Gasteiger partial charge in [0.1, 0.15) is 0 Å². The number of hydrogen-bond acceptors (Lipinski definition) is 2. The van der Waals surface area contributed by atoms with Crippen molar-refractivity contribution < 1.29 is 13.9 Å². The summed E-state index contributed by atoms with van der Waals surface area (Å²) in [5, 5.41) is 2.83. The minimum absolute atomic E-state index is 0.0710. The number of hydrogen-bond donors (Lipinski definition) is 1. The van der Waals surface area contributed by atoms with Gasteiger partial charge in [0, 0.05) is 5.69 Å². The summed E-state index contributed by atoms with van der Waals surface area (Å²) in [4.78, 5) is 12.2.